The first-order valence-electron chi connectivity index (χ1n) is 5.11. The Hall–Kier alpha value is -1.36. The van der Waals surface area contributed by atoms with Gasteiger partial charge in [0.1, 0.15) is 0 Å². The van der Waals surface area contributed by atoms with Crippen LogP contribution in [0.1, 0.15) is 43.9 Å². The number of nitrogens with zero attached hydrogens (tertiary/aromatic N) is 2. The van der Waals surface area contributed by atoms with Gasteiger partial charge in [0.25, 0.3) is 0 Å². The Morgan fingerprint density at radius 2 is 2.14 bits per heavy atom. The highest BCUT2D eigenvalue weighted by molar-refractivity contribution is 5.32. The van der Waals surface area contributed by atoms with Crippen molar-refractivity contribution in [2.24, 2.45) is 0 Å². The summed E-state index contributed by atoms with van der Waals surface area (Å²) < 4.78 is 0. The van der Waals surface area contributed by atoms with Crippen LogP contribution in [0.2, 0.25) is 0 Å². The van der Waals surface area contributed by atoms with Gasteiger partial charge in [-0.3, -0.25) is 4.98 Å². The van der Waals surface area contributed by atoms with Gasteiger partial charge in [-0.15, -0.1) is 0 Å². The molecule has 2 heteroatoms. The third kappa shape index (κ3) is 1.50. The second kappa shape index (κ2) is 3.42. The van der Waals surface area contributed by atoms with E-state index in [9.17, 15) is 0 Å². The molecule has 2 rings (SSSR count). The van der Waals surface area contributed by atoms with Crippen LogP contribution in [0.15, 0.2) is 18.3 Å². The molecule has 0 bridgehead atoms. The third-order valence-corrected chi connectivity index (χ3v) is 3.21. The molecule has 0 unspecified atom stereocenters. The lowest BCUT2D eigenvalue weighted by atomic mass is 9.84. The minimum absolute atomic E-state index is 0.215. The van der Waals surface area contributed by atoms with Gasteiger partial charge in [-0.1, -0.05) is 19.8 Å². The van der Waals surface area contributed by atoms with E-state index in [-0.39, 0.29) is 5.41 Å². The van der Waals surface area contributed by atoms with Crippen LogP contribution >= 0.6 is 0 Å². The van der Waals surface area contributed by atoms with Gasteiger partial charge in [0, 0.05) is 17.3 Å². The predicted molar refractivity (Wildman–Crippen MR) is 54.8 cm³/mol. The third-order valence-electron chi connectivity index (χ3n) is 3.21. The lowest BCUT2D eigenvalue weighted by molar-refractivity contribution is 0.476. The zero-order chi connectivity index (χ0) is 10.0. The van der Waals surface area contributed by atoms with E-state index in [1.807, 2.05) is 6.07 Å². The maximum atomic E-state index is 8.81. The number of rotatable bonds is 1. The molecule has 0 atom stereocenters. The molecule has 0 aromatic carbocycles. The Balaban J connectivity index is 2.36. The summed E-state index contributed by atoms with van der Waals surface area (Å²) in [4.78, 5) is 4.39. The molecule has 0 aliphatic heterocycles. The van der Waals surface area contributed by atoms with Crippen LogP contribution in [0.3, 0.4) is 0 Å². The predicted octanol–water partition coefficient (Wildman–Crippen LogP) is 2.78. The molecule has 1 fully saturated rings. The first-order chi connectivity index (χ1) is 6.74. The number of aromatic nitrogens is 1. The summed E-state index contributed by atoms with van der Waals surface area (Å²) in [6.07, 6.45) is 6.73. The van der Waals surface area contributed by atoms with Gasteiger partial charge >= 0.3 is 0 Å². The molecule has 0 N–H and O–H groups in total. The molecule has 0 amide bonds. The van der Waals surface area contributed by atoms with Crippen molar-refractivity contribution in [2.75, 3.05) is 0 Å². The lowest BCUT2D eigenvalue weighted by Crippen LogP contribution is -2.18. The smallest absolute Gasteiger partial charge is 0.0992 e. The molecule has 0 spiro atoms. The SMILES string of the molecule is CC1(c2cc(C#N)ccn2)CCCC1. The second-order valence-corrected chi connectivity index (χ2v) is 4.31. The second-order valence-electron chi connectivity index (χ2n) is 4.31. The van der Waals surface area contributed by atoms with Crippen LogP contribution < -0.4 is 0 Å². The Morgan fingerprint density at radius 1 is 1.43 bits per heavy atom. The maximum Gasteiger partial charge on any atom is 0.0992 e. The molecule has 14 heavy (non-hydrogen) atoms. The van der Waals surface area contributed by atoms with Crippen molar-refractivity contribution in [2.45, 2.75) is 38.0 Å². The van der Waals surface area contributed by atoms with Gasteiger partial charge in [0.15, 0.2) is 0 Å². The summed E-state index contributed by atoms with van der Waals surface area (Å²) in [7, 11) is 0. The van der Waals surface area contributed by atoms with E-state index in [2.05, 4.69) is 18.0 Å². The molecule has 2 nitrogen and oxygen atoms in total. The van der Waals surface area contributed by atoms with E-state index in [0.29, 0.717) is 0 Å². The monoisotopic (exact) mass is 186 g/mol. The van der Waals surface area contributed by atoms with Crippen molar-refractivity contribution in [3.63, 3.8) is 0 Å². The van der Waals surface area contributed by atoms with Gasteiger partial charge in [0.2, 0.25) is 0 Å². The Kier molecular flexibility index (Phi) is 2.25. The van der Waals surface area contributed by atoms with E-state index in [0.717, 1.165) is 11.3 Å². The van der Waals surface area contributed by atoms with E-state index >= 15 is 0 Å². The van der Waals surface area contributed by atoms with E-state index in [1.165, 1.54) is 25.7 Å². The van der Waals surface area contributed by atoms with Crippen molar-refractivity contribution < 1.29 is 0 Å². The summed E-state index contributed by atoms with van der Waals surface area (Å²) in [6.45, 7) is 2.25. The Morgan fingerprint density at radius 3 is 2.79 bits per heavy atom. The molecule has 1 aromatic heterocycles. The van der Waals surface area contributed by atoms with Crippen LogP contribution in [0.4, 0.5) is 0 Å². The molecule has 1 aliphatic rings. The highest BCUT2D eigenvalue weighted by atomic mass is 14.7. The number of nitriles is 1. The number of pyridine rings is 1. The zero-order valence-electron chi connectivity index (χ0n) is 8.45. The first kappa shape index (κ1) is 9.21. The van der Waals surface area contributed by atoms with E-state index in [1.54, 1.807) is 12.3 Å². The average Bonchev–Trinajstić information content (AvgIpc) is 2.67. The largest absolute Gasteiger partial charge is 0.261 e. The molecule has 1 aromatic rings. The molecular formula is C12H14N2. The average molecular weight is 186 g/mol. The highest BCUT2D eigenvalue weighted by Crippen LogP contribution is 2.39. The highest BCUT2D eigenvalue weighted by Gasteiger charge is 2.31. The van der Waals surface area contributed by atoms with E-state index in [4.69, 9.17) is 5.26 Å². The fourth-order valence-corrected chi connectivity index (χ4v) is 2.24. The topological polar surface area (TPSA) is 36.7 Å². The summed E-state index contributed by atoms with van der Waals surface area (Å²) in [5.41, 5.74) is 2.03. The summed E-state index contributed by atoms with van der Waals surface area (Å²) in [5, 5.41) is 8.81. The standard InChI is InChI=1S/C12H14N2/c1-12(5-2-3-6-12)11-8-10(9-13)4-7-14-11/h4,7-8H,2-3,5-6H2,1H3. The molecular weight excluding hydrogens is 172 g/mol. The van der Waals surface area contributed by atoms with Gasteiger partial charge in [-0.25, -0.2) is 0 Å². The number of hydrogen-bond donors (Lipinski definition) is 0. The molecule has 1 aliphatic carbocycles. The molecule has 0 radical (unpaired) electrons. The van der Waals surface area contributed by atoms with Gasteiger partial charge in [0.05, 0.1) is 11.6 Å². The fourth-order valence-electron chi connectivity index (χ4n) is 2.24. The quantitative estimate of drug-likeness (QED) is 0.676. The molecule has 0 saturated heterocycles. The van der Waals surface area contributed by atoms with Crippen molar-refractivity contribution in [3.05, 3.63) is 29.6 Å². The van der Waals surface area contributed by atoms with Crippen molar-refractivity contribution in [1.29, 1.82) is 5.26 Å². The molecule has 1 heterocycles. The summed E-state index contributed by atoms with van der Waals surface area (Å²) >= 11 is 0. The van der Waals surface area contributed by atoms with E-state index < -0.39 is 0 Å². The van der Waals surface area contributed by atoms with Crippen molar-refractivity contribution in [1.82, 2.24) is 4.98 Å². The van der Waals surface area contributed by atoms with Crippen LogP contribution in [-0.2, 0) is 5.41 Å². The number of hydrogen-bond acceptors (Lipinski definition) is 2. The summed E-state index contributed by atoms with van der Waals surface area (Å²) in [5.74, 6) is 0. The maximum absolute atomic E-state index is 8.81. The van der Waals surface area contributed by atoms with Gasteiger partial charge < -0.3 is 0 Å². The molecule has 1 saturated carbocycles. The van der Waals surface area contributed by atoms with Crippen molar-refractivity contribution in [3.8, 4) is 6.07 Å². The van der Waals surface area contributed by atoms with Crippen LogP contribution in [-0.4, -0.2) is 4.98 Å². The fraction of sp³-hybridized carbons (Fsp3) is 0.500. The van der Waals surface area contributed by atoms with Crippen LogP contribution in [0, 0.1) is 11.3 Å². The van der Waals surface area contributed by atoms with Crippen LogP contribution in [0.25, 0.3) is 0 Å². The molecule has 72 valence electrons. The van der Waals surface area contributed by atoms with Crippen LogP contribution in [0.5, 0.6) is 0 Å². The van der Waals surface area contributed by atoms with Gasteiger partial charge in [-0.2, -0.15) is 5.26 Å². The zero-order valence-corrected chi connectivity index (χ0v) is 8.45. The summed E-state index contributed by atoms with van der Waals surface area (Å²) in [6, 6.07) is 5.87. The Labute approximate surface area is 84.6 Å². The normalized spacial score (nSPS) is 19.1. The minimum Gasteiger partial charge on any atom is -0.261 e. The lowest BCUT2D eigenvalue weighted by Gasteiger charge is -2.22. The Bertz CT molecular complexity index is 370. The van der Waals surface area contributed by atoms with Gasteiger partial charge in [-0.05, 0) is 25.0 Å². The minimum atomic E-state index is 0.215. The van der Waals surface area contributed by atoms with Crippen molar-refractivity contribution >= 4 is 0 Å². The first-order valence-corrected chi connectivity index (χ1v) is 5.11.